The fourth-order valence-electron chi connectivity index (χ4n) is 2.68. The first-order valence-corrected chi connectivity index (χ1v) is 6.48. The molecule has 2 saturated heterocycles. The quantitative estimate of drug-likeness (QED) is 0.712. The molecule has 2 heterocycles. The number of hydrogen-bond donors (Lipinski definition) is 0. The van der Waals surface area contributed by atoms with Crippen LogP contribution in [0.3, 0.4) is 0 Å². The lowest BCUT2D eigenvalue weighted by Crippen LogP contribution is -2.52. The molecule has 0 aliphatic carbocycles. The Morgan fingerprint density at radius 2 is 1.79 bits per heavy atom. The Bertz CT molecular complexity index is 309. The second-order valence-electron chi connectivity index (χ2n) is 5.45. The molecular weight excluding hydrogens is 261 g/mol. The molecule has 0 aromatic rings. The first-order chi connectivity index (χ1) is 8.92. The number of nitrogens with zero attached hydrogens (tertiary/aromatic N) is 2. The molecule has 0 spiro atoms. The summed E-state index contributed by atoms with van der Waals surface area (Å²) in [5.41, 5.74) is -0.452. The van der Waals surface area contributed by atoms with Crippen molar-refractivity contribution in [2.45, 2.75) is 12.6 Å². The average Bonchev–Trinajstić information content (AvgIpc) is 2.79. The van der Waals surface area contributed by atoms with E-state index in [0.717, 1.165) is 6.29 Å². The predicted octanol–water partition coefficient (Wildman–Crippen LogP) is 0.772. The van der Waals surface area contributed by atoms with Gasteiger partial charge >= 0.3 is 6.18 Å². The molecule has 2 aliphatic rings. The van der Waals surface area contributed by atoms with Gasteiger partial charge in [-0.3, -0.25) is 9.80 Å². The van der Waals surface area contributed by atoms with Gasteiger partial charge in [0.05, 0.1) is 18.6 Å². The standard InChI is InChI=1S/C12H19F3N2O2/c13-12(14,15)8-17-4-2-16(3-5-17)7-11(9-18)1-6-19-10-11/h9H,1-8,10H2. The van der Waals surface area contributed by atoms with Crippen LogP contribution in [0.5, 0.6) is 0 Å². The van der Waals surface area contributed by atoms with Crippen LogP contribution in [0.25, 0.3) is 0 Å². The van der Waals surface area contributed by atoms with Crippen LogP contribution in [0.2, 0.25) is 0 Å². The number of ether oxygens (including phenoxy) is 1. The lowest BCUT2D eigenvalue weighted by molar-refractivity contribution is -0.149. The van der Waals surface area contributed by atoms with Crippen LogP contribution in [0.15, 0.2) is 0 Å². The van der Waals surface area contributed by atoms with Crippen LogP contribution in [-0.2, 0) is 9.53 Å². The highest BCUT2D eigenvalue weighted by Gasteiger charge is 2.38. The van der Waals surface area contributed by atoms with Gasteiger partial charge in [-0.1, -0.05) is 0 Å². The van der Waals surface area contributed by atoms with Crippen molar-refractivity contribution in [1.82, 2.24) is 9.80 Å². The summed E-state index contributed by atoms with van der Waals surface area (Å²) >= 11 is 0. The van der Waals surface area contributed by atoms with E-state index in [2.05, 4.69) is 4.90 Å². The molecule has 0 aromatic heterocycles. The fourth-order valence-corrected chi connectivity index (χ4v) is 2.68. The third kappa shape index (κ3) is 4.15. The summed E-state index contributed by atoms with van der Waals surface area (Å²) in [5.74, 6) is 0. The van der Waals surface area contributed by atoms with Crippen molar-refractivity contribution >= 4 is 6.29 Å². The van der Waals surface area contributed by atoms with Crippen molar-refractivity contribution in [3.05, 3.63) is 0 Å². The molecule has 2 aliphatic heterocycles. The average molecular weight is 280 g/mol. The zero-order valence-electron chi connectivity index (χ0n) is 10.8. The van der Waals surface area contributed by atoms with Crippen molar-refractivity contribution in [2.75, 3.05) is 52.5 Å². The van der Waals surface area contributed by atoms with Gasteiger partial charge < -0.3 is 9.53 Å². The molecule has 4 nitrogen and oxygen atoms in total. The lowest BCUT2D eigenvalue weighted by Gasteiger charge is -2.38. The third-order valence-electron chi connectivity index (χ3n) is 3.79. The number of hydrogen-bond acceptors (Lipinski definition) is 4. The summed E-state index contributed by atoms with van der Waals surface area (Å²) in [5, 5.41) is 0. The van der Waals surface area contributed by atoms with Crippen molar-refractivity contribution in [2.24, 2.45) is 5.41 Å². The second kappa shape index (κ2) is 5.76. The van der Waals surface area contributed by atoms with Gasteiger partial charge in [0.15, 0.2) is 0 Å². The first-order valence-electron chi connectivity index (χ1n) is 6.48. The summed E-state index contributed by atoms with van der Waals surface area (Å²) in [7, 11) is 0. The number of piperazine rings is 1. The molecule has 0 bridgehead atoms. The topological polar surface area (TPSA) is 32.8 Å². The van der Waals surface area contributed by atoms with Crippen LogP contribution in [0, 0.1) is 5.41 Å². The van der Waals surface area contributed by atoms with Crippen molar-refractivity contribution in [3.63, 3.8) is 0 Å². The normalized spacial score (nSPS) is 30.7. The number of carbonyl (C=O) groups excluding carboxylic acids is 1. The molecule has 0 radical (unpaired) electrons. The molecule has 2 fully saturated rings. The molecule has 0 amide bonds. The van der Waals surface area contributed by atoms with Gasteiger partial charge in [0.25, 0.3) is 0 Å². The molecular formula is C12H19F3N2O2. The van der Waals surface area contributed by atoms with Gasteiger partial charge in [-0.05, 0) is 6.42 Å². The van der Waals surface area contributed by atoms with Crippen LogP contribution >= 0.6 is 0 Å². The van der Waals surface area contributed by atoms with E-state index in [0.29, 0.717) is 52.4 Å². The summed E-state index contributed by atoms with van der Waals surface area (Å²) < 4.78 is 42.0. The van der Waals surface area contributed by atoms with Crippen molar-refractivity contribution in [3.8, 4) is 0 Å². The highest BCUT2D eigenvalue weighted by molar-refractivity contribution is 5.60. The first kappa shape index (κ1) is 14.7. The molecule has 0 N–H and O–H groups in total. The lowest BCUT2D eigenvalue weighted by atomic mass is 9.88. The molecule has 2 rings (SSSR count). The van der Waals surface area contributed by atoms with E-state index in [4.69, 9.17) is 4.74 Å². The van der Waals surface area contributed by atoms with Gasteiger partial charge in [0, 0.05) is 39.3 Å². The van der Waals surface area contributed by atoms with Crippen LogP contribution < -0.4 is 0 Å². The smallest absolute Gasteiger partial charge is 0.380 e. The Hall–Kier alpha value is -0.660. The van der Waals surface area contributed by atoms with Gasteiger partial charge in [0.2, 0.25) is 0 Å². The highest BCUT2D eigenvalue weighted by Crippen LogP contribution is 2.28. The monoisotopic (exact) mass is 280 g/mol. The summed E-state index contributed by atoms with van der Waals surface area (Å²) in [6.45, 7) is 2.72. The number of aldehydes is 1. The Labute approximate surface area is 110 Å². The Morgan fingerprint density at radius 1 is 1.16 bits per heavy atom. The summed E-state index contributed by atoms with van der Waals surface area (Å²) in [6, 6.07) is 0. The molecule has 1 unspecified atom stereocenters. The van der Waals surface area contributed by atoms with Gasteiger partial charge in [-0.25, -0.2) is 0 Å². The van der Waals surface area contributed by atoms with Gasteiger partial charge in [0.1, 0.15) is 6.29 Å². The predicted molar refractivity (Wildman–Crippen MR) is 62.9 cm³/mol. The zero-order chi connectivity index (χ0) is 13.9. The number of alkyl halides is 3. The number of carbonyl (C=O) groups is 1. The van der Waals surface area contributed by atoms with E-state index < -0.39 is 18.1 Å². The minimum absolute atomic E-state index is 0.398. The van der Waals surface area contributed by atoms with Crippen molar-refractivity contribution in [1.29, 1.82) is 0 Å². The zero-order valence-corrected chi connectivity index (χ0v) is 10.8. The minimum atomic E-state index is -4.13. The maximum Gasteiger partial charge on any atom is 0.401 e. The fraction of sp³-hybridized carbons (Fsp3) is 0.917. The summed E-state index contributed by atoms with van der Waals surface area (Å²) in [4.78, 5) is 14.7. The SMILES string of the molecule is O=CC1(CN2CCN(CC(F)(F)F)CC2)CCOC1. The van der Waals surface area contributed by atoms with E-state index in [-0.39, 0.29) is 0 Å². The molecule has 19 heavy (non-hydrogen) atoms. The molecule has 7 heteroatoms. The largest absolute Gasteiger partial charge is 0.401 e. The van der Waals surface area contributed by atoms with E-state index in [1.54, 1.807) is 0 Å². The Balaban J connectivity index is 1.78. The maximum atomic E-state index is 12.3. The third-order valence-corrected chi connectivity index (χ3v) is 3.79. The number of halogens is 3. The van der Waals surface area contributed by atoms with E-state index in [1.807, 2.05) is 0 Å². The van der Waals surface area contributed by atoms with Crippen LogP contribution in [0.1, 0.15) is 6.42 Å². The van der Waals surface area contributed by atoms with Crippen LogP contribution in [-0.4, -0.2) is 74.7 Å². The second-order valence-corrected chi connectivity index (χ2v) is 5.45. The van der Waals surface area contributed by atoms with Crippen molar-refractivity contribution < 1.29 is 22.7 Å². The molecule has 110 valence electrons. The maximum absolute atomic E-state index is 12.3. The van der Waals surface area contributed by atoms with Gasteiger partial charge in [-0.2, -0.15) is 13.2 Å². The molecule has 0 aromatic carbocycles. The highest BCUT2D eigenvalue weighted by atomic mass is 19.4. The van der Waals surface area contributed by atoms with E-state index in [1.165, 1.54) is 4.90 Å². The Morgan fingerprint density at radius 3 is 2.26 bits per heavy atom. The van der Waals surface area contributed by atoms with Crippen LogP contribution in [0.4, 0.5) is 13.2 Å². The Kier molecular flexibility index (Phi) is 4.47. The van der Waals surface area contributed by atoms with E-state index >= 15 is 0 Å². The number of rotatable bonds is 4. The van der Waals surface area contributed by atoms with Gasteiger partial charge in [-0.15, -0.1) is 0 Å². The summed E-state index contributed by atoms with van der Waals surface area (Å²) in [6.07, 6.45) is -2.48. The van der Waals surface area contributed by atoms with E-state index in [9.17, 15) is 18.0 Å². The molecule has 1 atom stereocenters. The molecule has 0 saturated carbocycles. The minimum Gasteiger partial charge on any atom is -0.380 e.